The number of nitrogens with one attached hydrogen (secondary N) is 1. The van der Waals surface area contributed by atoms with Crippen molar-refractivity contribution >= 4 is 11.8 Å². The first kappa shape index (κ1) is 22.5. The highest BCUT2D eigenvalue weighted by atomic mass is 16.5. The zero-order valence-electron chi connectivity index (χ0n) is 18.7. The number of ether oxygens (including phenoxy) is 3. The second kappa shape index (κ2) is 9.73. The lowest BCUT2D eigenvalue weighted by molar-refractivity contribution is -0.125. The van der Waals surface area contributed by atoms with Gasteiger partial charge in [0.1, 0.15) is 5.75 Å². The molecule has 0 spiro atoms. The van der Waals surface area contributed by atoms with Crippen molar-refractivity contribution in [3.05, 3.63) is 53.6 Å². The van der Waals surface area contributed by atoms with Crippen LogP contribution >= 0.6 is 0 Å². The predicted octanol–water partition coefficient (Wildman–Crippen LogP) is 3.09. The molecule has 0 radical (unpaired) electrons. The predicted molar refractivity (Wildman–Crippen MR) is 118 cm³/mol. The number of amides is 2. The molecular formula is C24H30N2O5. The van der Waals surface area contributed by atoms with E-state index in [1.807, 2.05) is 32.0 Å². The van der Waals surface area contributed by atoms with Gasteiger partial charge in [0, 0.05) is 36.2 Å². The number of methoxy groups -OCH3 is 3. The van der Waals surface area contributed by atoms with Crippen molar-refractivity contribution in [2.75, 3.05) is 34.4 Å². The third-order valence-electron chi connectivity index (χ3n) is 5.52. The molecule has 1 fully saturated rings. The van der Waals surface area contributed by atoms with Crippen LogP contribution in [0.3, 0.4) is 0 Å². The van der Waals surface area contributed by atoms with E-state index >= 15 is 0 Å². The average molecular weight is 427 g/mol. The number of hydrogen-bond acceptors (Lipinski definition) is 5. The summed E-state index contributed by atoms with van der Waals surface area (Å²) in [4.78, 5) is 28.0. The van der Waals surface area contributed by atoms with E-state index in [-0.39, 0.29) is 23.8 Å². The van der Waals surface area contributed by atoms with Crippen LogP contribution in [0.5, 0.6) is 17.2 Å². The lowest BCUT2D eigenvalue weighted by Crippen LogP contribution is -2.39. The van der Waals surface area contributed by atoms with E-state index in [0.29, 0.717) is 35.9 Å². The number of benzene rings is 2. The molecule has 166 valence electrons. The second-order valence-corrected chi connectivity index (χ2v) is 7.90. The van der Waals surface area contributed by atoms with Crippen LogP contribution in [0.4, 0.5) is 0 Å². The summed E-state index contributed by atoms with van der Waals surface area (Å²) in [5, 5.41) is 3.00. The highest BCUT2D eigenvalue weighted by Crippen LogP contribution is 2.42. The van der Waals surface area contributed by atoms with Gasteiger partial charge < -0.3 is 24.4 Å². The van der Waals surface area contributed by atoms with Crippen LogP contribution in [0.15, 0.2) is 42.5 Å². The number of rotatable bonds is 7. The summed E-state index contributed by atoms with van der Waals surface area (Å²) in [5.74, 6) is 0.964. The Bertz CT molecular complexity index is 943. The van der Waals surface area contributed by atoms with Crippen molar-refractivity contribution in [2.45, 2.75) is 25.8 Å². The van der Waals surface area contributed by atoms with Crippen molar-refractivity contribution < 1.29 is 23.8 Å². The van der Waals surface area contributed by atoms with Gasteiger partial charge in [-0.1, -0.05) is 18.2 Å². The standard InChI is InChI=1S/C24H30N2O5/c1-15(2)25-23(27)20-14-26(24(28)16-8-6-9-17(12-16)29-3)13-19(20)18-10-7-11-21(30-4)22(18)31-5/h6-12,15,19-20H,13-14H2,1-5H3,(H,25,27)/t19-,20+/m1/s1. The molecule has 0 bridgehead atoms. The van der Waals surface area contributed by atoms with Crippen LogP contribution in [-0.4, -0.2) is 57.2 Å². The highest BCUT2D eigenvalue weighted by molar-refractivity contribution is 5.95. The van der Waals surface area contributed by atoms with Crippen LogP contribution < -0.4 is 19.5 Å². The summed E-state index contributed by atoms with van der Waals surface area (Å²) in [6, 6.07) is 12.7. The Morgan fingerprint density at radius 2 is 1.74 bits per heavy atom. The number of nitrogens with zero attached hydrogens (tertiary/aromatic N) is 1. The Morgan fingerprint density at radius 1 is 1.00 bits per heavy atom. The number of para-hydroxylation sites is 1. The molecule has 0 saturated carbocycles. The van der Waals surface area contributed by atoms with E-state index < -0.39 is 5.92 Å². The van der Waals surface area contributed by atoms with E-state index in [2.05, 4.69) is 5.32 Å². The summed E-state index contributed by atoms with van der Waals surface area (Å²) < 4.78 is 16.3. The van der Waals surface area contributed by atoms with Crippen LogP contribution in [0.25, 0.3) is 0 Å². The SMILES string of the molecule is COc1cccc(C(=O)N2C[C@H](C(=O)NC(C)C)[C@@H](c3cccc(OC)c3OC)C2)c1. The Labute approximate surface area is 183 Å². The second-order valence-electron chi connectivity index (χ2n) is 7.90. The average Bonchev–Trinajstić information content (AvgIpc) is 3.23. The molecule has 2 amide bonds. The summed E-state index contributed by atoms with van der Waals surface area (Å²) in [6.07, 6.45) is 0. The normalized spacial score (nSPS) is 18.1. The smallest absolute Gasteiger partial charge is 0.254 e. The van der Waals surface area contributed by atoms with Crippen molar-refractivity contribution in [2.24, 2.45) is 5.92 Å². The molecule has 1 N–H and O–H groups in total. The molecule has 0 aromatic heterocycles. The van der Waals surface area contributed by atoms with Crippen LogP contribution in [0, 0.1) is 5.92 Å². The quantitative estimate of drug-likeness (QED) is 0.736. The van der Waals surface area contributed by atoms with Crippen LogP contribution in [-0.2, 0) is 4.79 Å². The maximum Gasteiger partial charge on any atom is 0.254 e. The van der Waals surface area contributed by atoms with Gasteiger partial charge in [0.25, 0.3) is 5.91 Å². The fourth-order valence-electron chi connectivity index (χ4n) is 4.08. The van der Waals surface area contributed by atoms with Crippen molar-refractivity contribution in [3.8, 4) is 17.2 Å². The number of hydrogen-bond donors (Lipinski definition) is 1. The number of likely N-dealkylation sites (tertiary alicyclic amines) is 1. The maximum atomic E-state index is 13.2. The summed E-state index contributed by atoms with van der Waals surface area (Å²) in [7, 11) is 4.73. The Balaban J connectivity index is 1.97. The monoisotopic (exact) mass is 426 g/mol. The molecule has 0 aliphatic carbocycles. The van der Waals surface area contributed by atoms with Gasteiger partial charge >= 0.3 is 0 Å². The third-order valence-corrected chi connectivity index (χ3v) is 5.52. The topological polar surface area (TPSA) is 77.1 Å². The van der Waals surface area contributed by atoms with E-state index in [1.165, 1.54) is 0 Å². The van der Waals surface area contributed by atoms with Gasteiger partial charge in [0.2, 0.25) is 5.91 Å². The zero-order chi connectivity index (χ0) is 22.5. The molecule has 31 heavy (non-hydrogen) atoms. The van der Waals surface area contributed by atoms with Gasteiger partial charge in [-0.3, -0.25) is 9.59 Å². The van der Waals surface area contributed by atoms with E-state index in [4.69, 9.17) is 14.2 Å². The fraction of sp³-hybridized carbons (Fsp3) is 0.417. The van der Waals surface area contributed by atoms with E-state index in [0.717, 1.165) is 5.56 Å². The Hall–Kier alpha value is -3.22. The molecule has 1 saturated heterocycles. The fourth-order valence-corrected chi connectivity index (χ4v) is 4.08. The van der Waals surface area contributed by atoms with Crippen molar-refractivity contribution in [1.82, 2.24) is 10.2 Å². The molecule has 2 aromatic rings. The molecular weight excluding hydrogens is 396 g/mol. The zero-order valence-corrected chi connectivity index (χ0v) is 18.7. The van der Waals surface area contributed by atoms with E-state index in [1.54, 1.807) is 50.5 Å². The molecule has 1 heterocycles. The minimum absolute atomic E-state index is 0.00323. The van der Waals surface area contributed by atoms with Gasteiger partial charge in [0.15, 0.2) is 11.5 Å². The molecule has 1 aliphatic heterocycles. The highest BCUT2D eigenvalue weighted by Gasteiger charge is 2.42. The largest absolute Gasteiger partial charge is 0.497 e. The first-order chi connectivity index (χ1) is 14.9. The number of carbonyl (C=O) groups excluding carboxylic acids is 2. The van der Waals surface area contributed by atoms with Crippen LogP contribution in [0.2, 0.25) is 0 Å². The van der Waals surface area contributed by atoms with Crippen molar-refractivity contribution in [3.63, 3.8) is 0 Å². The molecule has 7 nitrogen and oxygen atoms in total. The Kier molecular flexibility index (Phi) is 7.05. The molecule has 1 aliphatic rings. The maximum absolute atomic E-state index is 13.2. The van der Waals surface area contributed by atoms with Gasteiger partial charge in [-0.05, 0) is 38.1 Å². The Morgan fingerprint density at radius 3 is 2.39 bits per heavy atom. The van der Waals surface area contributed by atoms with Gasteiger partial charge in [0.05, 0.1) is 27.2 Å². The summed E-state index contributed by atoms with van der Waals surface area (Å²) >= 11 is 0. The lowest BCUT2D eigenvalue weighted by Gasteiger charge is -2.22. The number of carbonyl (C=O) groups is 2. The molecule has 7 heteroatoms. The summed E-state index contributed by atoms with van der Waals surface area (Å²) in [5.41, 5.74) is 1.38. The first-order valence-corrected chi connectivity index (χ1v) is 10.3. The summed E-state index contributed by atoms with van der Waals surface area (Å²) in [6.45, 7) is 4.57. The minimum Gasteiger partial charge on any atom is -0.497 e. The van der Waals surface area contributed by atoms with Gasteiger partial charge in [-0.2, -0.15) is 0 Å². The molecule has 2 aromatic carbocycles. The molecule has 2 atom stereocenters. The van der Waals surface area contributed by atoms with Crippen molar-refractivity contribution in [1.29, 1.82) is 0 Å². The van der Waals surface area contributed by atoms with Crippen LogP contribution in [0.1, 0.15) is 35.7 Å². The van der Waals surface area contributed by atoms with Gasteiger partial charge in [-0.25, -0.2) is 0 Å². The van der Waals surface area contributed by atoms with E-state index in [9.17, 15) is 9.59 Å². The molecule has 3 rings (SSSR count). The third kappa shape index (κ3) is 4.76. The molecule has 0 unspecified atom stereocenters. The van der Waals surface area contributed by atoms with Gasteiger partial charge in [-0.15, -0.1) is 0 Å². The first-order valence-electron chi connectivity index (χ1n) is 10.3. The minimum atomic E-state index is -0.405. The lowest BCUT2D eigenvalue weighted by atomic mass is 9.87.